The average Bonchev–Trinajstić information content (AvgIpc) is 2.81. The number of hydrogen-bond acceptors (Lipinski definition) is 6. The van der Waals surface area contributed by atoms with Gasteiger partial charge in [-0.15, -0.1) is 0 Å². The minimum absolute atomic E-state index is 0.170. The zero-order chi connectivity index (χ0) is 24.8. The highest BCUT2D eigenvalue weighted by atomic mass is 79.9. The van der Waals surface area contributed by atoms with Gasteiger partial charge < -0.3 is 20.9 Å². The van der Waals surface area contributed by atoms with Crippen LogP contribution in [0.4, 0.5) is 28.8 Å². The Morgan fingerprint density at radius 2 is 1.86 bits per heavy atom. The molecular weight excluding hydrogens is 504 g/mol. The van der Waals surface area contributed by atoms with E-state index in [1.165, 1.54) is 0 Å². The molecule has 1 aromatic heterocycles. The molecule has 8 heteroatoms. The Hall–Kier alpha value is -3.75. The maximum atomic E-state index is 12.3. The fourth-order valence-corrected chi connectivity index (χ4v) is 4.09. The number of amides is 1. The fourth-order valence-electron chi connectivity index (χ4n) is 3.48. The lowest BCUT2D eigenvalue weighted by Crippen LogP contribution is -2.13. The Morgan fingerprint density at radius 3 is 2.69 bits per heavy atom. The molecule has 3 N–H and O–H groups in total. The highest BCUT2D eigenvalue weighted by Gasteiger charge is 2.07. The zero-order valence-electron chi connectivity index (χ0n) is 19.8. The number of fused-ring (bicyclic) bond motifs is 1. The van der Waals surface area contributed by atoms with E-state index in [1.54, 1.807) is 12.3 Å². The molecule has 0 unspecified atom stereocenters. The van der Waals surface area contributed by atoms with Crippen molar-refractivity contribution in [2.75, 3.05) is 36.6 Å². The van der Waals surface area contributed by atoms with Gasteiger partial charge in [-0.1, -0.05) is 52.3 Å². The standard InChI is InChI=1S/C27H27BrN6O/c1-18-10-11-20(17-24(18)32-26(35)9-6-14-34(2)3)31-27-29-13-12-25(33-27)30-21-15-19-7-4-5-8-22(19)23(28)16-21/h4-13,15-17H,14H2,1-3H3,(H,32,35)(H2,29,30,31,33)/b9-6+. The first-order chi connectivity index (χ1) is 16.9. The van der Waals surface area contributed by atoms with E-state index in [9.17, 15) is 4.79 Å². The summed E-state index contributed by atoms with van der Waals surface area (Å²) in [5.41, 5.74) is 3.38. The largest absolute Gasteiger partial charge is 0.340 e. The van der Waals surface area contributed by atoms with Crippen molar-refractivity contribution < 1.29 is 4.79 Å². The summed E-state index contributed by atoms with van der Waals surface area (Å²) in [5, 5.41) is 11.8. The van der Waals surface area contributed by atoms with Crippen LogP contribution in [0, 0.1) is 6.92 Å². The van der Waals surface area contributed by atoms with E-state index in [1.807, 2.05) is 74.5 Å². The fraction of sp³-hybridized carbons (Fsp3) is 0.148. The maximum absolute atomic E-state index is 12.3. The summed E-state index contributed by atoms with van der Waals surface area (Å²) in [7, 11) is 3.91. The molecule has 178 valence electrons. The summed E-state index contributed by atoms with van der Waals surface area (Å²) in [6.07, 6.45) is 5.07. The van der Waals surface area contributed by atoms with E-state index >= 15 is 0 Å². The summed E-state index contributed by atoms with van der Waals surface area (Å²) >= 11 is 3.65. The topological polar surface area (TPSA) is 82.2 Å². The highest BCUT2D eigenvalue weighted by molar-refractivity contribution is 9.10. The summed E-state index contributed by atoms with van der Waals surface area (Å²) in [6, 6.07) is 19.9. The quantitative estimate of drug-likeness (QED) is 0.234. The van der Waals surface area contributed by atoms with Gasteiger partial charge in [0, 0.05) is 40.4 Å². The van der Waals surface area contributed by atoms with E-state index in [-0.39, 0.29) is 5.91 Å². The molecular formula is C27H27BrN6O. The Bertz CT molecular complexity index is 1390. The Balaban J connectivity index is 1.47. The van der Waals surface area contributed by atoms with Crippen molar-refractivity contribution in [2.45, 2.75) is 6.92 Å². The van der Waals surface area contributed by atoms with Gasteiger partial charge in [-0.3, -0.25) is 4.79 Å². The van der Waals surface area contributed by atoms with Gasteiger partial charge in [0.05, 0.1) is 0 Å². The number of aromatic nitrogens is 2. The Morgan fingerprint density at radius 1 is 1.03 bits per heavy atom. The molecule has 0 saturated carbocycles. The number of benzene rings is 3. The van der Waals surface area contributed by atoms with Crippen molar-refractivity contribution >= 4 is 61.4 Å². The predicted octanol–water partition coefficient (Wildman–Crippen LogP) is 6.24. The lowest BCUT2D eigenvalue weighted by Gasteiger charge is -2.12. The molecule has 7 nitrogen and oxygen atoms in total. The molecule has 0 aliphatic heterocycles. The number of anilines is 5. The SMILES string of the molecule is Cc1ccc(Nc2nccc(Nc3cc(Br)c4ccccc4c3)n2)cc1NC(=O)/C=C/CN(C)C. The number of likely N-dealkylation sites (N-methyl/N-ethyl adjacent to an activating group) is 1. The highest BCUT2D eigenvalue weighted by Crippen LogP contribution is 2.30. The number of halogens is 1. The molecule has 0 saturated heterocycles. The molecule has 0 radical (unpaired) electrons. The van der Waals surface area contributed by atoms with E-state index in [2.05, 4.69) is 60.0 Å². The van der Waals surface area contributed by atoms with Crippen LogP contribution in [-0.4, -0.2) is 41.4 Å². The lowest BCUT2D eigenvalue weighted by atomic mass is 10.1. The van der Waals surface area contributed by atoms with Crippen LogP contribution in [0.1, 0.15) is 5.56 Å². The summed E-state index contributed by atoms with van der Waals surface area (Å²) in [6.45, 7) is 2.65. The van der Waals surface area contributed by atoms with E-state index in [4.69, 9.17) is 0 Å². The molecule has 0 atom stereocenters. The summed E-state index contributed by atoms with van der Waals surface area (Å²) < 4.78 is 1.01. The summed E-state index contributed by atoms with van der Waals surface area (Å²) in [4.78, 5) is 23.2. The van der Waals surface area contributed by atoms with Gasteiger partial charge in [0.15, 0.2) is 0 Å². The Labute approximate surface area is 213 Å². The van der Waals surface area contributed by atoms with Crippen LogP contribution in [0.25, 0.3) is 10.8 Å². The number of nitrogens with zero attached hydrogens (tertiary/aromatic N) is 3. The number of hydrogen-bond donors (Lipinski definition) is 3. The average molecular weight is 531 g/mol. The molecule has 1 heterocycles. The van der Waals surface area contributed by atoms with Crippen molar-refractivity contribution in [1.82, 2.24) is 14.9 Å². The van der Waals surface area contributed by atoms with Crippen LogP contribution in [0.5, 0.6) is 0 Å². The van der Waals surface area contributed by atoms with Gasteiger partial charge in [0.2, 0.25) is 11.9 Å². The second-order valence-electron chi connectivity index (χ2n) is 8.38. The van der Waals surface area contributed by atoms with E-state index in [0.717, 1.165) is 37.9 Å². The van der Waals surface area contributed by atoms with E-state index in [0.29, 0.717) is 18.3 Å². The first kappa shape index (κ1) is 24.4. The third-order valence-electron chi connectivity index (χ3n) is 5.23. The second-order valence-corrected chi connectivity index (χ2v) is 9.23. The maximum Gasteiger partial charge on any atom is 0.248 e. The first-order valence-electron chi connectivity index (χ1n) is 11.2. The molecule has 0 fully saturated rings. The number of carbonyl (C=O) groups excluding carboxylic acids is 1. The van der Waals surface area contributed by atoms with Crippen molar-refractivity contribution in [2.24, 2.45) is 0 Å². The van der Waals surface area contributed by atoms with Gasteiger partial charge >= 0.3 is 0 Å². The predicted molar refractivity (Wildman–Crippen MR) is 148 cm³/mol. The number of aryl methyl sites for hydroxylation is 1. The number of nitrogens with one attached hydrogen (secondary N) is 3. The molecule has 0 bridgehead atoms. The van der Waals surface area contributed by atoms with Crippen molar-refractivity contribution in [3.63, 3.8) is 0 Å². The Kier molecular flexibility index (Phi) is 7.74. The van der Waals surface area contributed by atoms with Crippen LogP contribution in [0.3, 0.4) is 0 Å². The van der Waals surface area contributed by atoms with Crippen LogP contribution >= 0.6 is 15.9 Å². The monoisotopic (exact) mass is 530 g/mol. The van der Waals surface area contributed by atoms with Crippen LogP contribution in [0.15, 0.2) is 83.5 Å². The molecule has 1 amide bonds. The third-order valence-corrected chi connectivity index (χ3v) is 5.89. The smallest absolute Gasteiger partial charge is 0.248 e. The van der Waals surface area contributed by atoms with E-state index < -0.39 is 0 Å². The minimum atomic E-state index is -0.170. The van der Waals surface area contributed by atoms with Crippen molar-refractivity contribution in [3.05, 3.63) is 89.0 Å². The molecule has 4 aromatic rings. The second kappa shape index (κ2) is 11.1. The number of rotatable bonds is 8. The third kappa shape index (κ3) is 6.65. The van der Waals surface area contributed by atoms with Crippen LogP contribution < -0.4 is 16.0 Å². The zero-order valence-corrected chi connectivity index (χ0v) is 21.4. The molecule has 0 spiro atoms. The first-order valence-corrected chi connectivity index (χ1v) is 11.9. The molecule has 35 heavy (non-hydrogen) atoms. The van der Waals surface area contributed by atoms with Gasteiger partial charge in [0.1, 0.15) is 5.82 Å². The van der Waals surface area contributed by atoms with Crippen LogP contribution in [0.2, 0.25) is 0 Å². The van der Waals surface area contributed by atoms with Crippen LogP contribution in [-0.2, 0) is 4.79 Å². The molecule has 4 rings (SSSR count). The van der Waals surface area contributed by atoms with Gasteiger partial charge in [-0.2, -0.15) is 4.98 Å². The van der Waals surface area contributed by atoms with Crippen molar-refractivity contribution in [1.29, 1.82) is 0 Å². The minimum Gasteiger partial charge on any atom is -0.340 e. The summed E-state index contributed by atoms with van der Waals surface area (Å²) in [5.74, 6) is 0.939. The van der Waals surface area contributed by atoms with Crippen molar-refractivity contribution in [3.8, 4) is 0 Å². The number of carbonyl (C=O) groups is 1. The lowest BCUT2D eigenvalue weighted by molar-refractivity contribution is -0.111. The van der Waals surface area contributed by atoms with Gasteiger partial charge in [-0.05, 0) is 67.7 Å². The van der Waals surface area contributed by atoms with Gasteiger partial charge in [0.25, 0.3) is 0 Å². The molecule has 3 aromatic carbocycles. The normalized spacial score (nSPS) is 11.2. The molecule has 0 aliphatic rings. The molecule has 0 aliphatic carbocycles. The van der Waals surface area contributed by atoms with Gasteiger partial charge in [-0.25, -0.2) is 4.98 Å².